The molecule has 1 aliphatic heterocycles. The monoisotopic (exact) mass is 1050 g/mol. The first kappa shape index (κ1) is 56.5. The average Bonchev–Trinajstić information content (AvgIpc) is 3.44. The van der Waals surface area contributed by atoms with Gasteiger partial charge in [0.1, 0.15) is 42.7 Å². The average molecular weight is 1050 g/mol. The Morgan fingerprint density at radius 3 is 1.70 bits per heavy atom. The number of carboxylic acids is 1. The number of guanidine groups is 2. The second kappa shape index (κ2) is 27.5. The molecule has 1 aliphatic carbocycles. The summed E-state index contributed by atoms with van der Waals surface area (Å²) >= 11 is 0. The molecule has 0 fully saturated rings. The Morgan fingerprint density at radius 1 is 0.610 bits per heavy atom. The molecular weight excluding hydrogens is 993 g/mol. The fourth-order valence-corrected chi connectivity index (χ4v) is 7.83. The predicted octanol–water partition coefficient (Wildman–Crippen LogP) is 2.06. The normalized spacial score (nSPS) is 12.7. The lowest BCUT2D eigenvalue weighted by molar-refractivity contribution is -0.419. The van der Waals surface area contributed by atoms with Crippen LogP contribution >= 0.6 is 0 Å². The van der Waals surface area contributed by atoms with Crippen LogP contribution < -0.4 is 59.9 Å². The number of anilines is 1. The van der Waals surface area contributed by atoms with Crippen molar-refractivity contribution in [2.75, 3.05) is 18.4 Å². The third-order valence-corrected chi connectivity index (χ3v) is 11.7. The van der Waals surface area contributed by atoms with Crippen molar-refractivity contribution in [3.05, 3.63) is 143 Å². The summed E-state index contributed by atoms with van der Waals surface area (Å²) in [6.07, 6.45) is -0.993. The number of aromatic carboxylic acids is 1. The van der Waals surface area contributed by atoms with Gasteiger partial charge in [0, 0.05) is 47.4 Å². The van der Waals surface area contributed by atoms with Crippen LogP contribution in [-0.4, -0.2) is 96.1 Å². The highest BCUT2D eigenvalue weighted by atomic mass is 16.6. The van der Waals surface area contributed by atoms with E-state index in [2.05, 4.69) is 41.6 Å². The highest BCUT2D eigenvalue weighted by Crippen LogP contribution is 2.41. The smallest absolute Gasteiger partial charge is 0.408 e. The summed E-state index contributed by atoms with van der Waals surface area (Å²) < 4.78 is 17.0. The van der Waals surface area contributed by atoms with Gasteiger partial charge in [-0.05, 0) is 80.5 Å². The quantitative estimate of drug-likeness (QED) is 0.0189. The van der Waals surface area contributed by atoms with Crippen LogP contribution in [0, 0.1) is 0 Å². The zero-order valence-electron chi connectivity index (χ0n) is 42.2. The van der Waals surface area contributed by atoms with Crippen molar-refractivity contribution in [2.24, 2.45) is 32.9 Å². The molecule has 0 saturated heterocycles. The number of carbonyl (C=O) groups is 7. The molecule has 4 aromatic carbocycles. The summed E-state index contributed by atoms with van der Waals surface area (Å²) in [5, 5.41) is 24.1. The molecule has 15 N–H and O–H groups in total. The fourth-order valence-electron chi connectivity index (χ4n) is 7.83. The minimum absolute atomic E-state index is 0.0176. The predicted molar refractivity (Wildman–Crippen MR) is 285 cm³/mol. The maximum atomic E-state index is 14.1. The number of nitrogens with zero attached hydrogens (tertiary/aromatic N) is 2. The molecule has 0 radical (unpaired) electrons. The maximum Gasteiger partial charge on any atom is 0.408 e. The Bertz CT molecular complexity index is 3180. The van der Waals surface area contributed by atoms with Gasteiger partial charge in [-0.25, -0.2) is 19.2 Å². The number of fused-ring (bicyclic) bond motifs is 2. The third kappa shape index (κ3) is 16.9. The minimum atomic E-state index is -1.20. The Kier molecular flexibility index (Phi) is 20.2. The number of carboxylic acid groups (broad SMARTS) is 1. The lowest BCUT2D eigenvalue weighted by Crippen LogP contribution is -2.84. The Labute approximate surface area is 441 Å². The zero-order chi connectivity index (χ0) is 55.4. The van der Waals surface area contributed by atoms with E-state index in [1.807, 2.05) is 12.1 Å². The molecule has 23 heteroatoms. The molecule has 4 atom stereocenters. The minimum Gasteiger partial charge on any atom is -0.478 e. The van der Waals surface area contributed by atoms with Crippen LogP contribution in [0.1, 0.15) is 61.0 Å². The Morgan fingerprint density at radius 2 is 1.14 bits per heavy atom. The van der Waals surface area contributed by atoms with E-state index in [4.69, 9.17) is 36.8 Å². The van der Waals surface area contributed by atoms with E-state index in [1.54, 1.807) is 91.0 Å². The van der Waals surface area contributed by atoms with Gasteiger partial charge in [0.25, 0.3) is 0 Å². The van der Waals surface area contributed by atoms with Gasteiger partial charge >= 0.3 is 24.1 Å². The summed E-state index contributed by atoms with van der Waals surface area (Å²) in [6, 6.07) is 29.2. The van der Waals surface area contributed by atoms with Crippen LogP contribution in [0.25, 0.3) is 33.4 Å². The molecule has 0 spiro atoms. The van der Waals surface area contributed by atoms with Crippen LogP contribution in [0.4, 0.5) is 15.3 Å². The highest BCUT2D eigenvalue weighted by molar-refractivity contribution is 6.08. The summed E-state index contributed by atoms with van der Waals surface area (Å²) in [5.74, 6) is -3.97. The fraction of sp³-hybridized carbons (Fsp3) is 0.259. The largest absolute Gasteiger partial charge is 0.478 e. The Hall–Kier alpha value is -9.80. The van der Waals surface area contributed by atoms with Crippen LogP contribution in [0.3, 0.4) is 0 Å². The number of hydrogen-bond donors (Lipinski definition) is 11. The van der Waals surface area contributed by atoms with Crippen molar-refractivity contribution in [3.63, 3.8) is 0 Å². The first-order chi connectivity index (χ1) is 36.9. The molecule has 77 heavy (non-hydrogen) atoms. The van der Waals surface area contributed by atoms with E-state index in [-0.39, 0.29) is 91.9 Å². The van der Waals surface area contributed by atoms with Crippen LogP contribution in [0.15, 0.2) is 136 Å². The van der Waals surface area contributed by atoms with Gasteiger partial charge in [-0.2, -0.15) is 4.99 Å². The Balaban J connectivity index is 1.28. The molecule has 0 bridgehead atoms. The van der Waals surface area contributed by atoms with E-state index in [0.29, 0.717) is 22.1 Å². The van der Waals surface area contributed by atoms with Crippen LogP contribution in [-0.2, 0) is 41.9 Å². The lowest BCUT2D eigenvalue weighted by Gasteiger charge is -2.21. The van der Waals surface area contributed by atoms with Crippen molar-refractivity contribution >= 4 is 70.4 Å². The second-order valence-corrected chi connectivity index (χ2v) is 17.6. The number of hydrogen-bond acceptors (Lipinski definition) is 12. The molecule has 2 aliphatic rings. The van der Waals surface area contributed by atoms with Gasteiger partial charge in [0.2, 0.25) is 23.1 Å². The SMILES string of the molecule is C[C@H](NC(=O)OCc1ccccc1)C(=O)N[C@@H](CCCN=C(N)N)C(=O)Nc1ccc2c(-c3ccccc3C(=O)O)c3ccc(=[NH+]C(=O)[C@H](CCCN=C(N)N)NC(=O)[C@H](C)NC(=O)OCc4ccccc4)cc-3oc2c1. The molecule has 1 heterocycles. The number of aliphatic imine (C=N–C) groups is 2. The molecule has 4 aromatic rings. The third-order valence-electron chi connectivity index (χ3n) is 11.7. The molecule has 0 aromatic heterocycles. The van der Waals surface area contributed by atoms with Crippen molar-refractivity contribution in [2.45, 2.75) is 76.9 Å². The first-order valence-electron chi connectivity index (χ1n) is 24.4. The van der Waals surface area contributed by atoms with Crippen LogP contribution in [0.5, 0.6) is 0 Å². The van der Waals surface area contributed by atoms with Gasteiger partial charge in [0.05, 0.1) is 11.6 Å². The number of amides is 6. The van der Waals surface area contributed by atoms with Gasteiger partial charge in [-0.1, -0.05) is 78.9 Å². The second-order valence-electron chi connectivity index (χ2n) is 17.6. The summed E-state index contributed by atoms with van der Waals surface area (Å²) in [4.78, 5) is 104. The molecule has 6 amide bonds. The van der Waals surface area contributed by atoms with Gasteiger partial charge < -0.3 is 68.5 Å². The maximum absolute atomic E-state index is 14.1. The van der Waals surface area contributed by atoms with E-state index in [1.165, 1.54) is 32.0 Å². The highest BCUT2D eigenvalue weighted by Gasteiger charge is 2.30. The molecule has 0 unspecified atom stereocenters. The number of alkyl carbamates (subject to hydrolysis) is 2. The van der Waals surface area contributed by atoms with Gasteiger partial charge in [-0.3, -0.25) is 24.4 Å². The van der Waals surface area contributed by atoms with E-state index in [0.717, 1.165) is 11.1 Å². The number of ether oxygens (including phenoxy) is 2. The number of rotatable bonds is 23. The van der Waals surface area contributed by atoms with Crippen molar-refractivity contribution in [3.8, 4) is 22.5 Å². The molecular formula is C54H61N12O11+. The summed E-state index contributed by atoms with van der Waals surface area (Å²) in [5.41, 5.74) is 25.2. The zero-order valence-corrected chi connectivity index (χ0v) is 42.2. The molecule has 23 nitrogen and oxygen atoms in total. The van der Waals surface area contributed by atoms with E-state index >= 15 is 0 Å². The standard InChI is InChI=1S/C54H60N12O11/c1-31(61-53(73)75-29-33-13-5-3-6-14-33)46(67)65-41(19-11-25-59-51(55)56)48(69)63-35-21-23-39-43(27-35)77-44-28-36(22-24-40(44)45(39)37-17-9-10-18-38(37)50(71)72)64-49(70)42(20-12-26-60-52(57)58)66-47(68)32(2)62-54(74)76-30-34-15-7-4-8-16-34/h3-10,13-18,21-24,27-28,31-32,41-42H,11-12,19-20,25-26,29-30H2,1-2H3,(H,61,73)(H,62,74)(H,63,69)(H,65,67)(H,66,68)(H,71,72)(H4,55,56,59)(H4,57,58,60)/p+1/t31-,32-,41-,42-/m0/s1. The van der Waals surface area contributed by atoms with Crippen molar-refractivity contribution < 1.29 is 57.6 Å². The topological polar surface area (TPSA) is 374 Å². The molecule has 6 rings (SSSR count). The number of nitrogens with one attached hydrogen (secondary N) is 6. The first-order valence-corrected chi connectivity index (χ1v) is 24.4. The summed E-state index contributed by atoms with van der Waals surface area (Å²) in [7, 11) is 0. The number of carbonyl (C=O) groups excluding carboxylic acids is 6. The van der Waals surface area contributed by atoms with Gasteiger partial charge in [-0.15, -0.1) is 0 Å². The van der Waals surface area contributed by atoms with Gasteiger partial charge in [0.15, 0.2) is 18.0 Å². The van der Waals surface area contributed by atoms with E-state index in [9.17, 15) is 38.7 Å². The van der Waals surface area contributed by atoms with E-state index < -0.39 is 66.0 Å². The van der Waals surface area contributed by atoms with Crippen molar-refractivity contribution in [1.29, 1.82) is 0 Å². The summed E-state index contributed by atoms with van der Waals surface area (Å²) in [6.45, 7) is 3.10. The number of nitrogens with two attached hydrogens (primary N) is 4. The lowest BCUT2D eigenvalue weighted by atomic mass is 9.90. The molecule has 402 valence electrons. The molecule has 0 saturated carbocycles. The van der Waals surface area contributed by atoms with Crippen LogP contribution in [0.2, 0.25) is 0 Å². The van der Waals surface area contributed by atoms with Crippen molar-refractivity contribution in [1.82, 2.24) is 21.3 Å². The number of benzene rings is 5.